The van der Waals surface area contributed by atoms with Crippen LogP contribution in [0, 0.1) is 46.3 Å². The first-order valence-corrected chi connectivity index (χ1v) is 4.60. The molecule has 0 fully saturated rings. The monoisotopic (exact) mass is 204 g/mol. The van der Waals surface area contributed by atoms with Crippen molar-refractivity contribution >= 4 is 0 Å². The van der Waals surface area contributed by atoms with Gasteiger partial charge in [-0.3, -0.25) is 0 Å². The smallest absolute Gasteiger partial charge is 0.100 e. The topological polar surface area (TPSA) is 47.6 Å². The summed E-state index contributed by atoms with van der Waals surface area (Å²) >= 11 is 0. The number of nitriles is 2. The molecule has 0 N–H and O–H groups in total. The molecule has 1 aromatic carbocycles. The van der Waals surface area contributed by atoms with Gasteiger partial charge in [0.1, 0.15) is 12.1 Å². The number of hydrogen-bond donors (Lipinski definition) is 0. The van der Waals surface area contributed by atoms with Gasteiger partial charge in [-0.05, 0) is 26.0 Å². The Morgan fingerprint density at radius 2 is 1.12 bits per heavy atom. The molecule has 74 valence electrons. The van der Waals surface area contributed by atoms with Crippen molar-refractivity contribution in [3.63, 3.8) is 0 Å². The molecule has 2 nitrogen and oxygen atoms in total. The van der Waals surface area contributed by atoms with Crippen LogP contribution in [0.2, 0.25) is 0 Å². The van der Waals surface area contributed by atoms with Gasteiger partial charge in [-0.1, -0.05) is 11.8 Å². The van der Waals surface area contributed by atoms with Crippen LogP contribution < -0.4 is 0 Å². The van der Waals surface area contributed by atoms with Gasteiger partial charge in [0.05, 0.1) is 11.1 Å². The lowest BCUT2D eigenvalue weighted by Gasteiger charge is -1.99. The molecule has 0 saturated carbocycles. The predicted molar refractivity (Wildman–Crippen MR) is 61.0 cm³/mol. The quantitative estimate of drug-likeness (QED) is 0.608. The van der Waals surface area contributed by atoms with Crippen molar-refractivity contribution in [1.82, 2.24) is 0 Å². The molecule has 0 aliphatic heterocycles. The highest BCUT2D eigenvalue weighted by molar-refractivity contribution is 5.59. The van der Waals surface area contributed by atoms with E-state index in [1.165, 1.54) is 0 Å². The summed E-state index contributed by atoms with van der Waals surface area (Å²) in [4.78, 5) is 0. The average molecular weight is 204 g/mol. The highest BCUT2D eigenvalue weighted by atomic mass is 14.3. The van der Waals surface area contributed by atoms with Crippen LogP contribution in [0.4, 0.5) is 0 Å². The van der Waals surface area contributed by atoms with E-state index in [2.05, 4.69) is 35.8 Å². The molecule has 0 saturated heterocycles. The molecule has 0 unspecified atom stereocenters. The third-order valence-electron chi connectivity index (χ3n) is 1.92. The van der Waals surface area contributed by atoms with E-state index < -0.39 is 0 Å². The van der Waals surface area contributed by atoms with Gasteiger partial charge in [0.2, 0.25) is 0 Å². The molecule has 0 heterocycles. The Morgan fingerprint density at radius 1 is 0.750 bits per heavy atom. The molecule has 0 bridgehead atoms. The van der Waals surface area contributed by atoms with E-state index in [0.29, 0.717) is 22.3 Å². The minimum atomic E-state index is 0.450. The molecule has 0 aromatic heterocycles. The van der Waals surface area contributed by atoms with Gasteiger partial charge in [0.15, 0.2) is 0 Å². The molecule has 0 aliphatic carbocycles. The van der Waals surface area contributed by atoms with Crippen LogP contribution >= 0.6 is 0 Å². The maximum Gasteiger partial charge on any atom is 0.100 e. The first-order valence-electron chi connectivity index (χ1n) is 4.60. The second-order valence-electron chi connectivity index (χ2n) is 2.92. The fourth-order valence-electron chi connectivity index (χ4n) is 1.26. The second-order valence-corrected chi connectivity index (χ2v) is 2.92. The molecule has 0 atom stereocenters. The maximum atomic E-state index is 8.95. The van der Waals surface area contributed by atoms with Crippen molar-refractivity contribution in [2.24, 2.45) is 0 Å². The number of rotatable bonds is 0. The lowest BCUT2D eigenvalue weighted by Crippen LogP contribution is -1.91. The van der Waals surface area contributed by atoms with Crippen molar-refractivity contribution in [2.75, 3.05) is 0 Å². The summed E-state index contributed by atoms with van der Waals surface area (Å²) in [6.45, 7) is 3.37. The zero-order valence-electron chi connectivity index (χ0n) is 9.05. The summed E-state index contributed by atoms with van der Waals surface area (Å²) in [6.07, 6.45) is 0. The molecular weight excluding hydrogens is 196 g/mol. The van der Waals surface area contributed by atoms with Crippen molar-refractivity contribution in [3.8, 4) is 35.8 Å². The molecule has 0 spiro atoms. The Kier molecular flexibility index (Phi) is 3.75. The lowest BCUT2D eigenvalue weighted by atomic mass is 10.00. The Morgan fingerprint density at radius 3 is 1.38 bits per heavy atom. The van der Waals surface area contributed by atoms with Crippen LogP contribution in [0.3, 0.4) is 0 Å². The molecule has 1 rings (SSSR count). The summed E-state index contributed by atoms with van der Waals surface area (Å²) in [5.41, 5.74) is 2.05. The van der Waals surface area contributed by atoms with Gasteiger partial charge in [-0.15, -0.1) is 11.8 Å². The average Bonchev–Trinajstić information content (AvgIpc) is 2.31. The molecular formula is C14H8N2. The highest BCUT2D eigenvalue weighted by Gasteiger charge is 2.06. The normalized spacial score (nSPS) is 7.50. The fraction of sp³-hybridized carbons (Fsp3) is 0.143. The second kappa shape index (κ2) is 5.26. The van der Waals surface area contributed by atoms with E-state index in [-0.39, 0.29) is 0 Å². The van der Waals surface area contributed by atoms with Crippen LogP contribution in [-0.2, 0) is 0 Å². The van der Waals surface area contributed by atoms with Gasteiger partial charge in [0.25, 0.3) is 0 Å². The molecule has 0 amide bonds. The third-order valence-corrected chi connectivity index (χ3v) is 1.92. The van der Waals surface area contributed by atoms with Crippen molar-refractivity contribution < 1.29 is 0 Å². The Labute approximate surface area is 95.1 Å². The zero-order valence-corrected chi connectivity index (χ0v) is 9.05. The van der Waals surface area contributed by atoms with Gasteiger partial charge in [-0.25, -0.2) is 0 Å². The first-order chi connectivity index (χ1) is 7.76. The van der Waals surface area contributed by atoms with Crippen molar-refractivity contribution in [1.29, 1.82) is 10.5 Å². The van der Waals surface area contributed by atoms with Crippen LogP contribution in [0.15, 0.2) is 12.1 Å². The number of nitrogens with zero attached hydrogens (tertiary/aromatic N) is 2. The number of hydrogen-bond acceptors (Lipinski definition) is 2. The summed E-state index contributed by atoms with van der Waals surface area (Å²) < 4.78 is 0. The zero-order chi connectivity index (χ0) is 12.0. The van der Waals surface area contributed by atoms with E-state index in [1.807, 2.05) is 0 Å². The summed E-state index contributed by atoms with van der Waals surface area (Å²) in [5, 5.41) is 17.9. The van der Waals surface area contributed by atoms with Gasteiger partial charge in [0, 0.05) is 11.1 Å². The maximum absolute atomic E-state index is 8.95. The van der Waals surface area contributed by atoms with Crippen LogP contribution in [0.5, 0.6) is 0 Å². The Bertz CT molecular complexity index is 560. The fourth-order valence-corrected chi connectivity index (χ4v) is 1.26. The predicted octanol–water partition coefficient (Wildman–Crippen LogP) is 2.17. The molecule has 1 aromatic rings. The van der Waals surface area contributed by atoms with Crippen LogP contribution in [0.25, 0.3) is 0 Å². The lowest BCUT2D eigenvalue weighted by molar-refractivity contribution is 1.42. The van der Waals surface area contributed by atoms with Crippen molar-refractivity contribution in [3.05, 3.63) is 34.4 Å². The minimum absolute atomic E-state index is 0.450. The summed E-state index contributed by atoms with van der Waals surface area (Å²) in [7, 11) is 0. The standard InChI is InChI=1S/C14H8N2/c1-3-5-11-7-14(10-16)12(6-4-2)8-13(11)9-15/h7-8H,1-2H3. The van der Waals surface area contributed by atoms with E-state index >= 15 is 0 Å². The van der Waals surface area contributed by atoms with E-state index in [4.69, 9.17) is 10.5 Å². The Hall–Kier alpha value is -2.68. The van der Waals surface area contributed by atoms with Crippen molar-refractivity contribution in [2.45, 2.75) is 13.8 Å². The van der Waals surface area contributed by atoms with Crippen LogP contribution in [-0.4, -0.2) is 0 Å². The molecule has 2 heteroatoms. The molecule has 0 radical (unpaired) electrons. The summed E-state index contributed by atoms with van der Waals surface area (Å²) in [5.74, 6) is 11.0. The third kappa shape index (κ3) is 2.22. The van der Waals surface area contributed by atoms with Gasteiger partial charge < -0.3 is 0 Å². The van der Waals surface area contributed by atoms with Gasteiger partial charge >= 0.3 is 0 Å². The highest BCUT2D eigenvalue weighted by Crippen LogP contribution is 2.15. The van der Waals surface area contributed by atoms with E-state index in [1.54, 1.807) is 26.0 Å². The SMILES string of the molecule is CC#Cc1cc(C#N)c(C#CC)cc1C#N. The first kappa shape index (κ1) is 11.4. The minimum Gasteiger partial charge on any atom is -0.192 e. The molecule has 0 aliphatic rings. The number of benzene rings is 1. The van der Waals surface area contributed by atoms with E-state index in [0.717, 1.165) is 0 Å². The van der Waals surface area contributed by atoms with Crippen LogP contribution in [0.1, 0.15) is 36.1 Å². The Balaban J connectivity index is 3.57. The van der Waals surface area contributed by atoms with E-state index in [9.17, 15) is 0 Å². The molecule has 16 heavy (non-hydrogen) atoms. The largest absolute Gasteiger partial charge is 0.192 e. The van der Waals surface area contributed by atoms with Gasteiger partial charge in [-0.2, -0.15) is 10.5 Å². The summed E-state index contributed by atoms with van der Waals surface area (Å²) in [6, 6.07) is 7.31.